The normalized spacial score (nSPS) is 18.6. The summed E-state index contributed by atoms with van der Waals surface area (Å²) in [5.41, 5.74) is 2.43. The van der Waals surface area contributed by atoms with Crippen molar-refractivity contribution in [3.05, 3.63) is 29.3 Å². The Balaban J connectivity index is 1.38. The molecular weight excluding hydrogens is 384 g/mol. The van der Waals surface area contributed by atoms with Crippen molar-refractivity contribution >= 4 is 10.0 Å². The highest BCUT2D eigenvalue weighted by Crippen LogP contribution is 2.21. The van der Waals surface area contributed by atoms with Gasteiger partial charge in [-0.25, -0.2) is 12.7 Å². The molecular formula is C22H38N4O2S. The van der Waals surface area contributed by atoms with Gasteiger partial charge in [0.05, 0.1) is 4.90 Å². The summed E-state index contributed by atoms with van der Waals surface area (Å²) in [7, 11) is -1.74. The van der Waals surface area contributed by atoms with E-state index in [2.05, 4.69) is 16.0 Å². The van der Waals surface area contributed by atoms with Gasteiger partial charge in [0.15, 0.2) is 0 Å². The van der Waals surface area contributed by atoms with Crippen molar-refractivity contribution in [1.29, 1.82) is 0 Å². The minimum absolute atomic E-state index is 0.422. The summed E-state index contributed by atoms with van der Waals surface area (Å²) >= 11 is 0. The number of hydrogen-bond acceptors (Lipinski definition) is 5. The Morgan fingerprint density at radius 2 is 1.79 bits per heavy atom. The van der Waals surface area contributed by atoms with Crippen LogP contribution in [-0.2, 0) is 22.9 Å². The molecule has 0 radical (unpaired) electrons. The molecule has 0 spiro atoms. The molecule has 3 N–H and O–H groups in total. The van der Waals surface area contributed by atoms with Gasteiger partial charge in [-0.1, -0.05) is 25.3 Å². The van der Waals surface area contributed by atoms with Crippen molar-refractivity contribution in [3.8, 4) is 0 Å². The van der Waals surface area contributed by atoms with Crippen molar-refractivity contribution < 1.29 is 8.42 Å². The van der Waals surface area contributed by atoms with Crippen LogP contribution in [0.4, 0.5) is 0 Å². The van der Waals surface area contributed by atoms with Crippen LogP contribution < -0.4 is 16.0 Å². The molecule has 2 aliphatic rings. The molecule has 1 aromatic rings. The third-order valence-electron chi connectivity index (χ3n) is 6.19. The first kappa shape index (κ1) is 22.7. The Kier molecular flexibility index (Phi) is 8.93. The molecule has 7 heteroatoms. The number of sulfonamides is 1. The molecule has 1 heterocycles. The molecule has 1 fully saturated rings. The predicted octanol–water partition coefficient (Wildman–Crippen LogP) is 1.90. The van der Waals surface area contributed by atoms with E-state index in [4.69, 9.17) is 0 Å². The van der Waals surface area contributed by atoms with Gasteiger partial charge < -0.3 is 16.0 Å². The second-order valence-electron chi connectivity index (χ2n) is 8.40. The molecule has 0 bridgehead atoms. The van der Waals surface area contributed by atoms with Crippen LogP contribution in [-0.4, -0.2) is 65.1 Å². The topological polar surface area (TPSA) is 73.5 Å². The van der Waals surface area contributed by atoms with Gasteiger partial charge in [-0.15, -0.1) is 0 Å². The van der Waals surface area contributed by atoms with Gasteiger partial charge in [0, 0.05) is 32.7 Å². The Bertz CT molecular complexity index is 732. The fraction of sp³-hybridized carbons (Fsp3) is 0.727. The molecule has 1 aliphatic heterocycles. The fourth-order valence-electron chi connectivity index (χ4n) is 4.33. The van der Waals surface area contributed by atoms with Gasteiger partial charge in [-0.2, -0.15) is 0 Å². The Hall–Kier alpha value is -0.990. The second-order valence-corrected chi connectivity index (χ2v) is 10.4. The minimum Gasteiger partial charge on any atom is -0.316 e. The zero-order chi connectivity index (χ0) is 20.5. The molecule has 0 atom stereocenters. The van der Waals surface area contributed by atoms with Gasteiger partial charge >= 0.3 is 0 Å². The molecule has 29 heavy (non-hydrogen) atoms. The van der Waals surface area contributed by atoms with Gasteiger partial charge in [0.1, 0.15) is 0 Å². The summed E-state index contributed by atoms with van der Waals surface area (Å²) < 4.78 is 27.3. The van der Waals surface area contributed by atoms with E-state index >= 15 is 0 Å². The molecule has 1 saturated carbocycles. The number of nitrogens with one attached hydrogen (secondary N) is 3. The summed E-state index contributed by atoms with van der Waals surface area (Å²) in [5.74, 6) is 0. The van der Waals surface area contributed by atoms with Crippen molar-refractivity contribution in [2.45, 2.75) is 62.3 Å². The molecule has 0 amide bonds. The lowest BCUT2D eigenvalue weighted by molar-refractivity contribution is 0.372. The highest BCUT2D eigenvalue weighted by Gasteiger charge is 2.22. The first-order valence-electron chi connectivity index (χ1n) is 11.3. The van der Waals surface area contributed by atoms with Crippen molar-refractivity contribution in [1.82, 2.24) is 20.3 Å². The van der Waals surface area contributed by atoms with Crippen LogP contribution >= 0.6 is 0 Å². The molecule has 164 valence electrons. The zero-order valence-electron chi connectivity index (χ0n) is 17.9. The third-order valence-corrected chi connectivity index (χ3v) is 8.05. The SMILES string of the molecule is CN(CCCNCCNC1CCCCC1)S(=O)(=O)c1ccc2c(c1)CCNCC2. The quantitative estimate of drug-likeness (QED) is 0.502. The lowest BCUT2D eigenvalue weighted by Gasteiger charge is -2.23. The zero-order valence-corrected chi connectivity index (χ0v) is 18.7. The van der Waals surface area contributed by atoms with Gasteiger partial charge in [0.25, 0.3) is 0 Å². The molecule has 0 unspecified atom stereocenters. The Morgan fingerprint density at radius 3 is 2.59 bits per heavy atom. The van der Waals surface area contributed by atoms with E-state index in [-0.39, 0.29) is 0 Å². The highest BCUT2D eigenvalue weighted by molar-refractivity contribution is 7.89. The van der Waals surface area contributed by atoms with Crippen LogP contribution in [0.1, 0.15) is 49.7 Å². The molecule has 0 aromatic heterocycles. The maximum Gasteiger partial charge on any atom is 0.242 e. The average molecular weight is 423 g/mol. The number of fused-ring (bicyclic) bond motifs is 1. The number of benzene rings is 1. The van der Waals surface area contributed by atoms with Crippen molar-refractivity contribution in [3.63, 3.8) is 0 Å². The third kappa shape index (κ3) is 6.76. The lowest BCUT2D eigenvalue weighted by Crippen LogP contribution is -2.37. The first-order valence-corrected chi connectivity index (χ1v) is 12.7. The summed E-state index contributed by atoms with van der Waals surface area (Å²) in [6, 6.07) is 6.33. The van der Waals surface area contributed by atoms with E-state index in [0.717, 1.165) is 57.5 Å². The number of hydrogen-bond donors (Lipinski definition) is 3. The van der Waals surface area contributed by atoms with Crippen LogP contribution in [0.3, 0.4) is 0 Å². The maximum absolute atomic E-state index is 12.9. The molecule has 0 saturated heterocycles. The van der Waals surface area contributed by atoms with E-state index in [1.165, 1.54) is 42.0 Å². The molecule has 3 rings (SSSR count). The monoisotopic (exact) mass is 422 g/mol. The Labute approximate surface area is 176 Å². The first-order chi connectivity index (χ1) is 14.1. The average Bonchev–Trinajstić information content (AvgIpc) is 2.98. The molecule has 1 aliphatic carbocycles. The van der Waals surface area contributed by atoms with Crippen molar-refractivity contribution in [2.75, 3.05) is 46.3 Å². The fourth-order valence-corrected chi connectivity index (χ4v) is 5.59. The Morgan fingerprint density at radius 1 is 1.03 bits per heavy atom. The highest BCUT2D eigenvalue weighted by atomic mass is 32.2. The van der Waals surface area contributed by atoms with Gasteiger partial charge in [-0.3, -0.25) is 0 Å². The van der Waals surface area contributed by atoms with Gasteiger partial charge in [0.2, 0.25) is 10.0 Å². The van der Waals surface area contributed by atoms with E-state index in [0.29, 0.717) is 17.5 Å². The predicted molar refractivity (Wildman–Crippen MR) is 119 cm³/mol. The second kappa shape index (κ2) is 11.4. The molecule has 1 aromatic carbocycles. The van der Waals surface area contributed by atoms with Crippen LogP contribution in [0, 0.1) is 0 Å². The molecule has 6 nitrogen and oxygen atoms in total. The largest absolute Gasteiger partial charge is 0.316 e. The summed E-state index contributed by atoms with van der Waals surface area (Å²) in [6.45, 7) is 5.16. The smallest absolute Gasteiger partial charge is 0.242 e. The minimum atomic E-state index is -3.42. The van der Waals surface area contributed by atoms with E-state index < -0.39 is 10.0 Å². The van der Waals surface area contributed by atoms with Gasteiger partial charge in [-0.05, 0) is 75.0 Å². The van der Waals surface area contributed by atoms with Crippen LogP contribution in [0.5, 0.6) is 0 Å². The van der Waals surface area contributed by atoms with Crippen molar-refractivity contribution in [2.24, 2.45) is 0 Å². The number of nitrogens with zero attached hydrogens (tertiary/aromatic N) is 1. The number of rotatable bonds is 10. The maximum atomic E-state index is 12.9. The van der Waals surface area contributed by atoms with E-state index in [1.807, 2.05) is 12.1 Å². The standard InChI is InChI=1S/C22H38N4O2S/c1-26(17-5-12-23-15-16-25-21-6-3-2-4-7-21)29(27,28)22-9-8-19-10-13-24-14-11-20(19)18-22/h8-9,18,21,23-25H,2-7,10-17H2,1H3. The summed E-state index contributed by atoms with van der Waals surface area (Å²) in [4.78, 5) is 0.422. The lowest BCUT2D eigenvalue weighted by atomic mass is 9.95. The van der Waals surface area contributed by atoms with Crippen LogP contribution in [0.2, 0.25) is 0 Å². The van der Waals surface area contributed by atoms with Crippen LogP contribution in [0.15, 0.2) is 23.1 Å². The van der Waals surface area contributed by atoms with E-state index in [1.54, 1.807) is 13.1 Å². The summed E-state index contributed by atoms with van der Waals surface area (Å²) in [6.07, 6.45) is 9.38. The van der Waals surface area contributed by atoms with E-state index in [9.17, 15) is 8.42 Å². The van der Waals surface area contributed by atoms with Crippen LogP contribution in [0.25, 0.3) is 0 Å². The summed E-state index contributed by atoms with van der Waals surface area (Å²) in [5, 5.41) is 10.4.